The summed E-state index contributed by atoms with van der Waals surface area (Å²) in [7, 11) is 0. The second kappa shape index (κ2) is 11.3. The molecule has 0 saturated heterocycles. The fourth-order valence-electron chi connectivity index (χ4n) is 4.88. The highest BCUT2D eigenvalue weighted by atomic mass is 32.1. The number of carbonyl (C=O) groups excluding carboxylic acids is 2. The number of fused-ring (bicyclic) bond motifs is 1. The zero-order valence-electron chi connectivity index (χ0n) is 23.6. The predicted octanol–water partition coefficient (Wildman–Crippen LogP) is 7.47. The van der Waals surface area contributed by atoms with Gasteiger partial charge in [0.1, 0.15) is 5.60 Å². The maximum Gasteiger partial charge on any atom is 0.419 e. The van der Waals surface area contributed by atoms with Gasteiger partial charge in [0.05, 0.1) is 16.8 Å². The van der Waals surface area contributed by atoms with Gasteiger partial charge in [0, 0.05) is 11.6 Å². The number of carbonyl (C=O) groups is 2. The monoisotopic (exact) mass is 542 g/mol. The molecule has 0 aliphatic carbocycles. The van der Waals surface area contributed by atoms with Crippen molar-refractivity contribution in [3.8, 4) is 0 Å². The van der Waals surface area contributed by atoms with Crippen LogP contribution in [0.4, 0.5) is 4.79 Å². The van der Waals surface area contributed by atoms with E-state index in [0.717, 1.165) is 34.0 Å². The summed E-state index contributed by atoms with van der Waals surface area (Å²) >= 11 is 4.31. The Kier molecular flexibility index (Phi) is 8.26. The van der Waals surface area contributed by atoms with Gasteiger partial charge < -0.3 is 10.1 Å². The SMILES string of the molecule is CC(S)C(=O)NC(c1ccccc1)c1ccc(CC(C)(C)c2cn(C(=O)OC(C)(C)C)c3ccccc23)cc1. The van der Waals surface area contributed by atoms with Gasteiger partial charge >= 0.3 is 6.09 Å². The summed E-state index contributed by atoms with van der Waals surface area (Å²) in [6, 6.07) is 26.1. The number of hydrogen-bond acceptors (Lipinski definition) is 4. The molecule has 0 aliphatic heterocycles. The van der Waals surface area contributed by atoms with Crippen LogP contribution in [-0.4, -0.2) is 27.4 Å². The summed E-state index contributed by atoms with van der Waals surface area (Å²) in [5.74, 6) is -0.112. The number of thiol groups is 1. The van der Waals surface area contributed by atoms with E-state index in [-0.39, 0.29) is 23.5 Å². The van der Waals surface area contributed by atoms with Crippen molar-refractivity contribution in [1.29, 1.82) is 0 Å². The van der Waals surface area contributed by atoms with E-state index in [2.05, 4.69) is 62.1 Å². The molecule has 1 aromatic heterocycles. The van der Waals surface area contributed by atoms with Crippen LogP contribution >= 0.6 is 12.6 Å². The van der Waals surface area contributed by atoms with E-state index >= 15 is 0 Å². The zero-order chi connectivity index (χ0) is 28.4. The normalized spacial score (nSPS) is 13.6. The van der Waals surface area contributed by atoms with Gasteiger partial charge in [-0.25, -0.2) is 4.79 Å². The number of para-hydroxylation sites is 1. The van der Waals surface area contributed by atoms with Crippen LogP contribution in [0.5, 0.6) is 0 Å². The van der Waals surface area contributed by atoms with Crippen LogP contribution in [0.25, 0.3) is 10.9 Å². The number of benzene rings is 3. The molecular weight excluding hydrogens is 504 g/mol. The molecule has 0 bridgehead atoms. The Balaban J connectivity index is 1.62. The highest BCUT2D eigenvalue weighted by Crippen LogP contribution is 2.35. The molecule has 1 amide bonds. The molecule has 4 aromatic rings. The van der Waals surface area contributed by atoms with Crippen molar-refractivity contribution in [2.45, 2.75) is 70.3 Å². The number of nitrogens with zero attached hydrogens (tertiary/aromatic N) is 1. The summed E-state index contributed by atoms with van der Waals surface area (Å²) in [5, 5.41) is 3.77. The maximum absolute atomic E-state index is 13.0. The molecule has 0 aliphatic rings. The molecule has 5 nitrogen and oxygen atoms in total. The number of hydrogen-bond donors (Lipinski definition) is 2. The molecule has 39 heavy (non-hydrogen) atoms. The Morgan fingerprint density at radius 1 is 0.872 bits per heavy atom. The van der Waals surface area contributed by atoms with E-state index in [1.807, 2.05) is 75.5 Å². The van der Waals surface area contributed by atoms with Crippen LogP contribution in [-0.2, 0) is 21.4 Å². The second-order valence-electron chi connectivity index (χ2n) is 11.7. The first-order chi connectivity index (χ1) is 18.4. The molecule has 0 fully saturated rings. The Morgan fingerprint density at radius 2 is 1.46 bits per heavy atom. The lowest BCUT2D eigenvalue weighted by molar-refractivity contribution is -0.120. The van der Waals surface area contributed by atoms with Crippen molar-refractivity contribution < 1.29 is 14.3 Å². The maximum atomic E-state index is 13.0. The van der Waals surface area contributed by atoms with E-state index in [4.69, 9.17) is 4.74 Å². The zero-order valence-corrected chi connectivity index (χ0v) is 24.5. The Bertz CT molecular complexity index is 1450. The summed E-state index contributed by atoms with van der Waals surface area (Å²) in [6.45, 7) is 11.8. The van der Waals surface area contributed by atoms with Crippen molar-refractivity contribution in [2.75, 3.05) is 0 Å². The number of rotatable bonds is 7. The molecule has 2 atom stereocenters. The van der Waals surface area contributed by atoms with Crippen molar-refractivity contribution in [2.24, 2.45) is 0 Å². The smallest absolute Gasteiger partial charge is 0.419 e. The summed E-state index contributed by atoms with van der Waals surface area (Å²) in [5.41, 5.74) is 4.27. The van der Waals surface area contributed by atoms with E-state index < -0.39 is 10.9 Å². The standard InChI is InChI=1S/C33H38N2O3S/c1-22(39)30(36)34-29(24-12-8-7-9-13-24)25-18-16-23(17-19-25)20-33(5,6)27-21-35(31(37)38-32(2,3)4)28-15-11-10-14-26(27)28/h7-19,21-22,29,39H,20H2,1-6H3,(H,34,36). The van der Waals surface area contributed by atoms with Crippen molar-refractivity contribution in [1.82, 2.24) is 9.88 Å². The molecule has 2 unspecified atom stereocenters. The van der Waals surface area contributed by atoms with Crippen molar-refractivity contribution in [3.63, 3.8) is 0 Å². The van der Waals surface area contributed by atoms with Gasteiger partial charge in [-0.3, -0.25) is 9.36 Å². The average molecular weight is 543 g/mol. The van der Waals surface area contributed by atoms with Crippen LogP contribution in [0.3, 0.4) is 0 Å². The van der Waals surface area contributed by atoms with Crippen LogP contribution in [0.15, 0.2) is 85.1 Å². The lowest BCUT2D eigenvalue weighted by Gasteiger charge is -2.26. The van der Waals surface area contributed by atoms with Crippen LogP contribution in [0.1, 0.15) is 69.8 Å². The Morgan fingerprint density at radius 3 is 2.08 bits per heavy atom. The fraction of sp³-hybridized carbons (Fsp3) is 0.333. The number of nitrogens with one attached hydrogen (secondary N) is 1. The van der Waals surface area contributed by atoms with Crippen LogP contribution in [0, 0.1) is 0 Å². The minimum Gasteiger partial charge on any atom is -0.443 e. The van der Waals surface area contributed by atoms with Gasteiger partial charge in [-0.2, -0.15) is 12.6 Å². The first-order valence-electron chi connectivity index (χ1n) is 13.3. The third-order valence-electron chi connectivity index (χ3n) is 6.79. The first-order valence-corrected chi connectivity index (χ1v) is 13.8. The minimum atomic E-state index is -0.581. The number of ether oxygens (including phenoxy) is 1. The Hall–Kier alpha value is -3.51. The first kappa shape index (κ1) is 28.5. The van der Waals surface area contributed by atoms with Gasteiger partial charge in [-0.1, -0.05) is 86.6 Å². The third kappa shape index (κ3) is 6.74. The van der Waals surface area contributed by atoms with Gasteiger partial charge in [0.15, 0.2) is 0 Å². The van der Waals surface area contributed by atoms with E-state index in [9.17, 15) is 9.59 Å². The molecule has 4 rings (SSSR count). The molecule has 0 saturated carbocycles. The van der Waals surface area contributed by atoms with Crippen molar-refractivity contribution >= 4 is 35.5 Å². The van der Waals surface area contributed by atoms with E-state index in [1.54, 1.807) is 11.5 Å². The number of amides is 1. The molecule has 204 valence electrons. The second-order valence-corrected chi connectivity index (χ2v) is 12.5. The minimum absolute atomic E-state index is 0.112. The number of aromatic nitrogens is 1. The van der Waals surface area contributed by atoms with Crippen LogP contribution in [0.2, 0.25) is 0 Å². The van der Waals surface area contributed by atoms with E-state index in [1.165, 1.54) is 5.56 Å². The summed E-state index contributed by atoms with van der Waals surface area (Å²) in [4.78, 5) is 25.5. The Labute approximate surface area is 237 Å². The molecule has 6 heteroatoms. The molecule has 0 radical (unpaired) electrons. The molecule has 1 N–H and O–H groups in total. The quantitative estimate of drug-likeness (QED) is 0.238. The molecule has 0 spiro atoms. The highest BCUT2D eigenvalue weighted by molar-refractivity contribution is 7.81. The summed E-state index contributed by atoms with van der Waals surface area (Å²) < 4.78 is 7.30. The average Bonchev–Trinajstić information content (AvgIpc) is 3.28. The van der Waals surface area contributed by atoms with Gasteiger partial charge in [0.2, 0.25) is 5.91 Å². The molecular formula is C33H38N2O3S. The molecule has 3 aromatic carbocycles. The summed E-state index contributed by atoms with van der Waals surface area (Å²) in [6.07, 6.45) is 2.31. The van der Waals surface area contributed by atoms with Crippen molar-refractivity contribution in [3.05, 3.63) is 107 Å². The molecule has 1 heterocycles. The van der Waals surface area contributed by atoms with Gasteiger partial charge in [0.25, 0.3) is 0 Å². The lowest BCUT2D eigenvalue weighted by atomic mass is 9.79. The fourth-order valence-corrected chi connectivity index (χ4v) is 4.96. The van der Waals surface area contributed by atoms with E-state index in [0.29, 0.717) is 0 Å². The predicted molar refractivity (Wildman–Crippen MR) is 162 cm³/mol. The third-order valence-corrected chi connectivity index (χ3v) is 7.02. The van der Waals surface area contributed by atoms with Gasteiger partial charge in [-0.05, 0) is 67.9 Å². The highest BCUT2D eigenvalue weighted by Gasteiger charge is 2.29. The lowest BCUT2D eigenvalue weighted by Crippen LogP contribution is -2.34. The van der Waals surface area contributed by atoms with Gasteiger partial charge in [-0.15, -0.1) is 0 Å². The van der Waals surface area contributed by atoms with Crippen LogP contribution < -0.4 is 5.32 Å². The topological polar surface area (TPSA) is 60.3 Å². The largest absolute Gasteiger partial charge is 0.443 e.